The molecule has 0 bridgehead atoms. The van der Waals surface area contributed by atoms with Gasteiger partial charge in [0.15, 0.2) is 11.5 Å². The molecule has 1 aromatic heterocycles. The van der Waals surface area contributed by atoms with Crippen LogP contribution in [0, 0.1) is 5.82 Å². The topological polar surface area (TPSA) is 86.8 Å². The van der Waals surface area contributed by atoms with Crippen LogP contribution >= 0.6 is 0 Å². The molecular weight excluding hydrogens is 501 g/mol. The zero-order valence-corrected chi connectivity index (χ0v) is 20.5. The zero-order chi connectivity index (χ0) is 26.9. The molecule has 1 N–H and O–H groups in total. The molecule has 1 aliphatic heterocycles. The lowest BCUT2D eigenvalue weighted by Gasteiger charge is -2.20. The van der Waals surface area contributed by atoms with Gasteiger partial charge < -0.3 is 24.3 Å². The number of fused-ring (bicyclic) bond motifs is 1. The number of pyridine rings is 1. The Morgan fingerprint density at radius 2 is 1.95 bits per heavy atom. The number of alkyl halides is 2. The first-order valence-electron chi connectivity index (χ1n) is 12.1. The minimum Gasteiger partial charge on any atom is -0.493 e. The molecule has 5 rings (SSSR count). The fraction of sp³-hybridized carbons (Fsp3) is 0.321. The highest BCUT2D eigenvalue weighted by Crippen LogP contribution is 2.46. The maximum atomic E-state index is 14.0. The van der Waals surface area contributed by atoms with Crippen molar-refractivity contribution in [3.63, 3.8) is 0 Å². The number of hydrogen-bond acceptors (Lipinski definition) is 6. The fourth-order valence-corrected chi connectivity index (χ4v) is 4.29. The van der Waals surface area contributed by atoms with Crippen LogP contribution in [0.25, 0.3) is 11.3 Å². The first kappa shape index (κ1) is 25.6. The molecule has 1 saturated carbocycles. The highest BCUT2D eigenvalue weighted by molar-refractivity contribution is 5.94. The van der Waals surface area contributed by atoms with Crippen LogP contribution in [0.15, 0.2) is 48.5 Å². The number of carbonyl (C=O) groups excluding carboxylic acids is 2. The van der Waals surface area contributed by atoms with Gasteiger partial charge in [0.2, 0.25) is 0 Å². The van der Waals surface area contributed by atoms with Crippen LogP contribution in [0.2, 0.25) is 0 Å². The smallest absolute Gasteiger partial charge is 0.258 e. The van der Waals surface area contributed by atoms with Gasteiger partial charge in [0.1, 0.15) is 35.6 Å². The average Bonchev–Trinajstić information content (AvgIpc) is 3.66. The van der Waals surface area contributed by atoms with Gasteiger partial charge >= 0.3 is 0 Å². The minimum atomic E-state index is -3.00. The van der Waals surface area contributed by atoms with Crippen LogP contribution in [0.3, 0.4) is 0 Å². The Labute approximate surface area is 216 Å². The number of aromatic nitrogens is 1. The van der Waals surface area contributed by atoms with E-state index in [0.717, 1.165) is 12.8 Å². The van der Waals surface area contributed by atoms with Gasteiger partial charge in [-0.15, -0.1) is 0 Å². The summed E-state index contributed by atoms with van der Waals surface area (Å²) in [5.74, 6) is 0.258. The molecule has 1 aliphatic carbocycles. The number of aldehydes is 1. The minimum absolute atomic E-state index is 0.0224. The van der Waals surface area contributed by atoms with Crippen molar-refractivity contribution in [2.75, 3.05) is 20.3 Å². The highest BCUT2D eigenvalue weighted by atomic mass is 19.3. The van der Waals surface area contributed by atoms with E-state index in [9.17, 15) is 22.8 Å². The van der Waals surface area contributed by atoms with Crippen LogP contribution < -0.4 is 19.5 Å². The quantitative estimate of drug-likeness (QED) is 0.392. The standard InChI is InChI=1S/C28H25F3N2O5/c1-36-23-12-17(4-9-22(23)38-20-7-8-20)26(35)32-11-10-19-13-21-25(37-15-28(21,14-34)27(30)31)24(33-19)16-2-5-18(29)6-3-16/h2-6,9,12-14,20,27H,7-8,10-11,15H2,1H3,(H,32,35). The van der Waals surface area contributed by atoms with Gasteiger partial charge in [-0.1, -0.05) is 0 Å². The molecule has 38 heavy (non-hydrogen) atoms. The van der Waals surface area contributed by atoms with Crippen molar-refractivity contribution in [3.8, 4) is 28.5 Å². The molecule has 0 saturated heterocycles. The zero-order valence-electron chi connectivity index (χ0n) is 20.5. The summed E-state index contributed by atoms with van der Waals surface area (Å²) in [5.41, 5.74) is -0.703. The monoisotopic (exact) mass is 526 g/mol. The van der Waals surface area contributed by atoms with E-state index in [4.69, 9.17) is 14.2 Å². The molecule has 198 valence electrons. The third-order valence-electron chi connectivity index (χ3n) is 6.61. The van der Waals surface area contributed by atoms with E-state index in [-0.39, 0.29) is 48.3 Å². The van der Waals surface area contributed by atoms with E-state index >= 15 is 0 Å². The molecule has 2 heterocycles. The van der Waals surface area contributed by atoms with Crippen LogP contribution in [0.4, 0.5) is 13.2 Å². The summed E-state index contributed by atoms with van der Waals surface area (Å²) >= 11 is 0. The number of benzene rings is 2. The van der Waals surface area contributed by atoms with Gasteiger partial charge in [-0.2, -0.15) is 0 Å². The second kappa shape index (κ2) is 10.4. The number of ether oxygens (including phenoxy) is 3. The van der Waals surface area contributed by atoms with Crippen molar-refractivity contribution in [1.82, 2.24) is 10.3 Å². The molecule has 0 spiro atoms. The second-order valence-electron chi connectivity index (χ2n) is 9.28. The average molecular weight is 527 g/mol. The molecule has 10 heteroatoms. The lowest BCUT2D eigenvalue weighted by molar-refractivity contribution is -0.118. The molecule has 0 radical (unpaired) electrons. The number of carbonyl (C=O) groups is 2. The van der Waals surface area contributed by atoms with E-state index < -0.39 is 24.3 Å². The van der Waals surface area contributed by atoms with Crippen LogP contribution in [0.5, 0.6) is 17.2 Å². The van der Waals surface area contributed by atoms with Crippen molar-refractivity contribution in [3.05, 3.63) is 71.2 Å². The molecule has 3 aromatic rings. The summed E-state index contributed by atoms with van der Waals surface area (Å²) in [7, 11) is 1.50. The van der Waals surface area contributed by atoms with Crippen molar-refractivity contribution < 1.29 is 37.0 Å². The van der Waals surface area contributed by atoms with Gasteiger partial charge in [0, 0.05) is 35.3 Å². The first-order valence-corrected chi connectivity index (χ1v) is 12.1. The lowest BCUT2D eigenvalue weighted by Crippen LogP contribution is -2.38. The SMILES string of the molecule is COc1cc(C(=O)NCCc2cc3c(c(-c4ccc(F)cc4)n2)OCC3(C=O)C(F)F)ccc1OC1CC1. The lowest BCUT2D eigenvalue weighted by atomic mass is 9.83. The largest absolute Gasteiger partial charge is 0.493 e. The van der Waals surface area contributed by atoms with Crippen molar-refractivity contribution in [1.29, 1.82) is 0 Å². The van der Waals surface area contributed by atoms with Gasteiger partial charge in [-0.3, -0.25) is 4.79 Å². The normalized spacial score (nSPS) is 18.0. The molecule has 1 unspecified atom stereocenters. The predicted octanol–water partition coefficient (Wildman–Crippen LogP) is 4.50. The number of rotatable bonds is 10. The molecule has 1 atom stereocenters. The molecular formula is C28H25F3N2O5. The molecule has 2 aliphatic rings. The van der Waals surface area contributed by atoms with Gasteiger partial charge in [-0.25, -0.2) is 18.2 Å². The van der Waals surface area contributed by atoms with E-state index in [1.807, 2.05) is 0 Å². The molecule has 2 aromatic carbocycles. The van der Waals surface area contributed by atoms with Crippen molar-refractivity contribution >= 4 is 12.2 Å². The Morgan fingerprint density at radius 3 is 2.61 bits per heavy atom. The number of nitrogens with zero attached hydrogens (tertiary/aromatic N) is 1. The maximum absolute atomic E-state index is 14.0. The number of halogens is 3. The third kappa shape index (κ3) is 4.90. The van der Waals surface area contributed by atoms with Crippen LogP contribution in [0.1, 0.15) is 34.5 Å². The predicted molar refractivity (Wildman–Crippen MR) is 132 cm³/mol. The van der Waals surface area contributed by atoms with Crippen LogP contribution in [-0.4, -0.2) is 50.0 Å². The van der Waals surface area contributed by atoms with Crippen molar-refractivity contribution in [2.45, 2.75) is 37.2 Å². The van der Waals surface area contributed by atoms with E-state index in [1.54, 1.807) is 18.2 Å². The third-order valence-corrected chi connectivity index (χ3v) is 6.61. The Morgan fingerprint density at radius 1 is 1.18 bits per heavy atom. The van der Waals surface area contributed by atoms with Gasteiger partial charge in [0.25, 0.3) is 12.3 Å². The number of amides is 1. The number of hydrogen-bond donors (Lipinski definition) is 1. The Hall–Kier alpha value is -4.08. The Kier molecular flexibility index (Phi) is 6.96. The molecule has 1 amide bonds. The van der Waals surface area contributed by atoms with E-state index in [2.05, 4.69) is 10.3 Å². The van der Waals surface area contributed by atoms with E-state index in [0.29, 0.717) is 28.3 Å². The summed E-state index contributed by atoms with van der Waals surface area (Å²) in [6, 6.07) is 11.7. The van der Waals surface area contributed by atoms with E-state index in [1.165, 1.54) is 37.4 Å². The fourth-order valence-electron chi connectivity index (χ4n) is 4.29. The number of nitrogens with one attached hydrogen (secondary N) is 1. The summed E-state index contributed by atoms with van der Waals surface area (Å²) < 4.78 is 58.3. The van der Waals surface area contributed by atoms with Gasteiger partial charge in [0.05, 0.1) is 13.2 Å². The Balaban J connectivity index is 1.37. The highest BCUT2D eigenvalue weighted by Gasteiger charge is 2.50. The summed E-state index contributed by atoms with van der Waals surface area (Å²) in [6.07, 6.45) is -0.459. The summed E-state index contributed by atoms with van der Waals surface area (Å²) in [6.45, 7) is -0.387. The van der Waals surface area contributed by atoms with Crippen LogP contribution in [-0.2, 0) is 16.6 Å². The second-order valence-corrected chi connectivity index (χ2v) is 9.28. The first-order chi connectivity index (χ1) is 18.3. The molecule has 7 nitrogen and oxygen atoms in total. The molecule has 1 fully saturated rings. The summed E-state index contributed by atoms with van der Waals surface area (Å²) in [5, 5.41) is 2.79. The number of methoxy groups -OCH3 is 1. The van der Waals surface area contributed by atoms with Gasteiger partial charge in [-0.05, 0) is 61.4 Å². The van der Waals surface area contributed by atoms with Crippen molar-refractivity contribution in [2.24, 2.45) is 0 Å². The maximum Gasteiger partial charge on any atom is 0.258 e. The summed E-state index contributed by atoms with van der Waals surface area (Å²) in [4.78, 5) is 29.1. The Bertz CT molecular complexity index is 1360.